The molecule has 20 heavy (non-hydrogen) atoms. The lowest BCUT2D eigenvalue weighted by molar-refractivity contribution is 0.101. The van der Waals surface area contributed by atoms with E-state index in [1.165, 1.54) is 6.92 Å². The third kappa shape index (κ3) is 2.10. The van der Waals surface area contributed by atoms with E-state index in [9.17, 15) is 9.59 Å². The Morgan fingerprint density at radius 2 is 1.95 bits per heavy atom. The van der Waals surface area contributed by atoms with E-state index in [2.05, 4.69) is 4.98 Å². The van der Waals surface area contributed by atoms with Crippen LogP contribution in [0, 0.1) is 0 Å². The molecule has 1 aromatic heterocycles. The van der Waals surface area contributed by atoms with E-state index < -0.39 is 0 Å². The number of H-pyrrole nitrogens is 1. The number of fused-ring (bicyclic) bond motifs is 1. The van der Waals surface area contributed by atoms with Gasteiger partial charge in [0.1, 0.15) is 11.4 Å². The normalized spacial score (nSPS) is 15.6. The minimum Gasteiger partial charge on any atom is -0.378 e. The predicted molar refractivity (Wildman–Crippen MR) is 77.6 cm³/mol. The molecule has 2 aromatic rings. The summed E-state index contributed by atoms with van der Waals surface area (Å²) in [5.41, 5.74) is 0.794. The number of aromatic amines is 1. The van der Waals surface area contributed by atoms with Crippen LogP contribution < -0.4 is 10.3 Å². The monoisotopic (exact) mass is 272 g/mol. The molecule has 3 rings (SSSR count). The Labute approximate surface area is 116 Å². The van der Waals surface area contributed by atoms with Gasteiger partial charge in [-0.1, -0.05) is 12.1 Å². The van der Waals surface area contributed by atoms with Crippen molar-refractivity contribution in [2.75, 3.05) is 31.2 Å². The van der Waals surface area contributed by atoms with Crippen molar-refractivity contribution in [3.63, 3.8) is 0 Å². The zero-order valence-electron chi connectivity index (χ0n) is 11.3. The molecule has 0 radical (unpaired) electrons. The Hall–Kier alpha value is -2.14. The molecule has 5 nitrogen and oxygen atoms in total. The minimum absolute atomic E-state index is 0.201. The lowest BCUT2D eigenvalue weighted by atomic mass is 10.1. The first kappa shape index (κ1) is 12.9. The van der Waals surface area contributed by atoms with E-state index in [-0.39, 0.29) is 16.8 Å². The molecule has 1 aliphatic rings. The second-order valence-corrected chi connectivity index (χ2v) is 4.88. The maximum atomic E-state index is 12.5. The molecule has 0 bridgehead atoms. The van der Waals surface area contributed by atoms with Crippen LogP contribution in [0.1, 0.15) is 17.3 Å². The molecule has 104 valence electrons. The first-order valence-electron chi connectivity index (χ1n) is 6.67. The van der Waals surface area contributed by atoms with Crippen LogP contribution in [-0.4, -0.2) is 37.1 Å². The summed E-state index contributed by atoms with van der Waals surface area (Å²) in [6.45, 7) is 3.99. The Bertz CT molecular complexity index is 715. The highest BCUT2D eigenvalue weighted by Crippen LogP contribution is 2.20. The minimum atomic E-state index is -0.210. The molecule has 0 atom stereocenters. The third-order valence-corrected chi connectivity index (χ3v) is 3.57. The molecule has 0 unspecified atom stereocenters. The van der Waals surface area contributed by atoms with Gasteiger partial charge in [-0.05, 0) is 19.1 Å². The smallest absolute Gasteiger partial charge is 0.202 e. The van der Waals surface area contributed by atoms with E-state index in [0.29, 0.717) is 37.5 Å². The summed E-state index contributed by atoms with van der Waals surface area (Å²) in [7, 11) is 0. The van der Waals surface area contributed by atoms with Gasteiger partial charge in [-0.25, -0.2) is 0 Å². The molecule has 0 aliphatic carbocycles. The highest BCUT2D eigenvalue weighted by atomic mass is 16.5. The van der Waals surface area contributed by atoms with Crippen LogP contribution >= 0.6 is 0 Å². The van der Waals surface area contributed by atoms with Crippen LogP contribution in [0.3, 0.4) is 0 Å². The number of rotatable bonds is 2. The number of morpholine rings is 1. The van der Waals surface area contributed by atoms with Crippen molar-refractivity contribution < 1.29 is 9.53 Å². The van der Waals surface area contributed by atoms with E-state index in [4.69, 9.17) is 4.74 Å². The molecule has 0 saturated carbocycles. The molecule has 2 heterocycles. The molecular formula is C15H16N2O3. The molecule has 1 aliphatic heterocycles. The topological polar surface area (TPSA) is 62.4 Å². The van der Waals surface area contributed by atoms with Crippen molar-refractivity contribution in [2.24, 2.45) is 0 Å². The van der Waals surface area contributed by atoms with Gasteiger partial charge in [0, 0.05) is 18.5 Å². The van der Waals surface area contributed by atoms with Crippen molar-refractivity contribution in [1.82, 2.24) is 4.98 Å². The Morgan fingerprint density at radius 1 is 1.25 bits per heavy atom. The standard InChI is InChI=1S/C15H16N2O3/c1-10(18)13-14(19)11-4-2-3-5-12(11)16-15(13)17-6-8-20-9-7-17/h2-5H,6-9H2,1H3,(H,16,19). The van der Waals surface area contributed by atoms with Crippen molar-refractivity contribution in [2.45, 2.75) is 6.92 Å². The van der Waals surface area contributed by atoms with Crippen LogP contribution in [0.5, 0.6) is 0 Å². The average Bonchev–Trinajstić information content (AvgIpc) is 2.47. The van der Waals surface area contributed by atoms with Gasteiger partial charge in [0.25, 0.3) is 0 Å². The van der Waals surface area contributed by atoms with E-state index in [0.717, 1.165) is 5.52 Å². The zero-order chi connectivity index (χ0) is 14.1. The Morgan fingerprint density at radius 3 is 2.65 bits per heavy atom. The van der Waals surface area contributed by atoms with Gasteiger partial charge in [0.15, 0.2) is 5.78 Å². The van der Waals surface area contributed by atoms with Crippen LogP contribution in [0.2, 0.25) is 0 Å². The number of carbonyl (C=O) groups is 1. The molecule has 1 aromatic carbocycles. The van der Waals surface area contributed by atoms with E-state index in [1.54, 1.807) is 12.1 Å². The van der Waals surface area contributed by atoms with Crippen LogP contribution in [-0.2, 0) is 4.74 Å². The van der Waals surface area contributed by atoms with Crippen LogP contribution in [0.15, 0.2) is 29.1 Å². The number of Topliss-reactive ketones (excluding diaryl/α,β-unsaturated/α-hetero) is 1. The summed E-state index contributed by atoms with van der Waals surface area (Å²) < 4.78 is 5.32. The number of carbonyl (C=O) groups excluding carboxylic acids is 1. The van der Waals surface area contributed by atoms with Crippen LogP contribution in [0.25, 0.3) is 10.9 Å². The van der Waals surface area contributed by atoms with Crippen LogP contribution in [0.4, 0.5) is 5.82 Å². The average molecular weight is 272 g/mol. The first-order valence-corrected chi connectivity index (χ1v) is 6.67. The van der Waals surface area contributed by atoms with Gasteiger partial charge in [-0.2, -0.15) is 0 Å². The summed E-state index contributed by atoms with van der Waals surface area (Å²) >= 11 is 0. The number of aromatic nitrogens is 1. The maximum absolute atomic E-state index is 12.5. The molecule has 1 N–H and O–H groups in total. The summed E-state index contributed by atoms with van der Waals surface area (Å²) in [6, 6.07) is 7.26. The summed E-state index contributed by atoms with van der Waals surface area (Å²) in [5.74, 6) is 0.406. The summed E-state index contributed by atoms with van der Waals surface area (Å²) in [5, 5.41) is 0.551. The van der Waals surface area contributed by atoms with E-state index >= 15 is 0 Å². The first-order chi connectivity index (χ1) is 9.68. The van der Waals surface area contributed by atoms with Gasteiger partial charge < -0.3 is 14.6 Å². The lowest BCUT2D eigenvalue weighted by Gasteiger charge is -2.29. The van der Waals surface area contributed by atoms with Crippen molar-refractivity contribution in [1.29, 1.82) is 0 Å². The van der Waals surface area contributed by atoms with Gasteiger partial charge >= 0.3 is 0 Å². The lowest BCUT2D eigenvalue weighted by Crippen LogP contribution is -2.38. The zero-order valence-corrected chi connectivity index (χ0v) is 11.3. The Kier molecular flexibility index (Phi) is 3.28. The molecular weight excluding hydrogens is 256 g/mol. The highest BCUT2D eigenvalue weighted by molar-refractivity contribution is 6.02. The summed E-state index contributed by atoms with van der Waals surface area (Å²) in [6.07, 6.45) is 0. The quantitative estimate of drug-likeness (QED) is 0.843. The third-order valence-electron chi connectivity index (χ3n) is 3.57. The number of anilines is 1. The Balaban J connectivity index is 2.26. The highest BCUT2D eigenvalue weighted by Gasteiger charge is 2.21. The second-order valence-electron chi connectivity index (χ2n) is 4.88. The van der Waals surface area contributed by atoms with Crippen molar-refractivity contribution in [3.05, 3.63) is 40.1 Å². The molecule has 0 spiro atoms. The molecule has 5 heteroatoms. The number of ketones is 1. The number of pyridine rings is 1. The molecule has 0 amide bonds. The SMILES string of the molecule is CC(=O)c1c(N2CCOCC2)[nH]c2ccccc2c1=O. The number of nitrogens with zero attached hydrogens (tertiary/aromatic N) is 1. The predicted octanol–water partition coefficient (Wildman–Crippen LogP) is 1.57. The molecule has 1 fully saturated rings. The fraction of sp³-hybridized carbons (Fsp3) is 0.333. The van der Waals surface area contributed by atoms with Crippen molar-refractivity contribution >= 4 is 22.5 Å². The maximum Gasteiger partial charge on any atom is 0.202 e. The number of hydrogen-bond acceptors (Lipinski definition) is 4. The number of ether oxygens (including phenoxy) is 1. The van der Waals surface area contributed by atoms with E-state index in [1.807, 2.05) is 17.0 Å². The van der Waals surface area contributed by atoms with Gasteiger partial charge in [0.05, 0.1) is 18.7 Å². The fourth-order valence-electron chi connectivity index (χ4n) is 2.57. The number of nitrogens with one attached hydrogen (secondary N) is 1. The summed E-state index contributed by atoms with van der Waals surface area (Å²) in [4.78, 5) is 29.7. The number of benzene rings is 1. The number of para-hydroxylation sites is 1. The largest absolute Gasteiger partial charge is 0.378 e. The molecule has 1 saturated heterocycles. The second kappa shape index (κ2) is 5.09. The number of hydrogen-bond donors (Lipinski definition) is 1. The van der Waals surface area contributed by atoms with Gasteiger partial charge in [0.2, 0.25) is 5.43 Å². The fourth-order valence-corrected chi connectivity index (χ4v) is 2.57. The van der Waals surface area contributed by atoms with Gasteiger partial charge in [-0.15, -0.1) is 0 Å². The van der Waals surface area contributed by atoms with Gasteiger partial charge in [-0.3, -0.25) is 9.59 Å². The van der Waals surface area contributed by atoms with Crippen molar-refractivity contribution in [3.8, 4) is 0 Å².